The third kappa shape index (κ3) is 9.03. The van der Waals surface area contributed by atoms with E-state index in [1.807, 2.05) is 0 Å². The molecule has 41 heavy (non-hydrogen) atoms. The van der Waals surface area contributed by atoms with Gasteiger partial charge in [0, 0.05) is 45.4 Å². The first-order chi connectivity index (χ1) is 19.1. The van der Waals surface area contributed by atoms with Crippen LogP contribution in [-0.2, 0) is 17.5 Å². The standard InChI is InChI=1S/C25H29F7N6O3/c1-4-16(26)10-18-20(37(2)13-15(11-33)24(27,28)29)7-9-38(23(18)40)8-5-6-17(14-41-3)35-19-12-34-36-22(39)21(19)25(30,31)32/h7,9-13,17,33H,4-6,8,14H2,1-3H3,(H2,35,36,39)/b15-13+,16-10+,33-11?/t17-/m1/s1. The number of allylic oxidation sites excluding steroid dienone is 2. The fourth-order valence-corrected chi connectivity index (χ4v) is 3.85. The number of methoxy groups -OCH3 is 1. The monoisotopic (exact) mass is 594 g/mol. The van der Waals surface area contributed by atoms with Crippen LogP contribution in [0.3, 0.4) is 0 Å². The smallest absolute Gasteiger partial charge is 0.383 e. The van der Waals surface area contributed by atoms with Crippen LogP contribution in [0.5, 0.6) is 0 Å². The molecule has 2 aromatic heterocycles. The minimum atomic E-state index is -4.95. The minimum absolute atomic E-state index is 0.0171. The summed E-state index contributed by atoms with van der Waals surface area (Å²) < 4.78 is 100. The van der Waals surface area contributed by atoms with Crippen molar-refractivity contribution >= 4 is 23.7 Å². The summed E-state index contributed by atoms with van der Waals surface area (Å²) >= 11 is 0. The van der Waals surface area contributed by atoms with E-state index in [9.17, 15) is 40.3 Å². The summed E-state index contributed by atoms with van der Waals surface area (Å²) in [6.07, 6.45) is -5.73. The first-order valence-corrected chi connectivity index (χ1v) is 12.2. The number of ether oxygens (including phenoxy) is 1. The summed E-state index contributed by atoms with van der Waals surface area (Å²) in [7, 11) is 2.54. The Kier molecular flexibility index (Phi) is 11.4. The van der Waals surface area contributed by atoms with Gasteiger partial charge >= 0.3 is 12.4 Å². The van der Waals surface area contributed by atoms with Crippen molar-refractivity contribution in [2.45, 2.75) is 51.1 Å². The molecule has 226 valence electrons. The van der Waals surface area contributed by atoms with Crippen molar-refractivity contribution in [3.63, 3.8) is 0 Å². The summed E-state index contributed by atoms with van der Waals surface area (Å²) in [5.74, 6) is -0.696. The molecule has 2 heterocycles. The number of halogens is 7. The quantitative estimate of drug-likeness (QED) is 0.219. The molecule has 9 nitrogen and oxygen atoms in total. The molecule has 0 saturated heterocycles. The van der Waals surface area contributed by atoms with E-state index in [2.05, 4.69) is 10.4 Å². The van der Waals surface area contributed by atoms with Gasteiger partial charge in [-0.15, -0.1) is 0 Å². The van der Waals surface area contributed by atoms with Crippen molar-refractivity contribution in [1.82, 2.24) is 14.8 Å². The van der Waals surface area contributed by atoms with Crippen LogP contribution in [0.1, 0.15) is 37.3 Å². The lowest BCUT2D eigenvalue weighted by Gasteiger charge is -2.22. The van der Waals surface area contributed by atoms with Gasteiger partial charge in [-0.1, -0.05) is 6.92 Å². The average molecular weight is 595 g/mol. The number of nitrogens with one attached hydrogen (secondary N) is 3. The number of hydrogen-bond donors (Lipinski definition) is 3. The normalized spacial score (nSPS) is 13.7. The van der Waals surface area contributed by atoms with Crippen LogP contribution in [0.15, 0.2) is 45.6 Å². The maximum Gasteiger partial charge on any atom is 0.423 e. The number of pyridine rings is 1. The van der Waals surface area contributed by atoms with Crippen molar-refractivity contribution < 1.29 is 35.5 Å². The number of hydrogen-bond acceptors (Lipinski definition) is 7. The van der Waals surface area contributed by atoms with Crippen LogP contribution >= 0.6 is 0 Å². The molecule has 0 radical (unpaired) electrons. The van der Waals surface area contributed by atoms with E-state index in [4.69, 9.17) is 10.1 Å². The SMILES string of the molecule is CC/C(F)=C\c1c(N(C)/C=C(\C=N)C(F)(F)F)ccn(CCC[C@H](COC)Nc2cn[nH]c(=O)c2C(F)(F)F)c1=O. The van der Waals surface area contributed by atoms with Gasteiger partial charge < -0.3 is 24.9 Å². The molecule has 1 atom stereocenters. The van der Waals surface area contributed by atoms with E-state index in [1.54, 1.807) is 5.10 Å². The second-order valence-corrected chi connectivity index (χ2v) is 8.82. The maximum atomic E-state index is 14.2. The summed E-state index contributed by atoms with van der Waals surface area (Å²) in [6, 6.07) is 0.585. The first-order valence-electron chi connectivity index (χ1n) is 12.2. The van der Waals surface area contributed by atoms with Gasteiger partial charge in [0.05, 0.1) is 35.3 Å². The predicted octanol–water partition coefficient (Wildman–Crippen LogP) is 5.11. The second kappa shape index (κ2) is 14.1. The zero-order valence-electron chi connectivity index (χ0n) is 22.3. The van der Waals surface area contributed by atoms with Crippen molar-refractivity contribution in [3.05, 3.63) is 67.9 Å². The van der Waals surface area contributed by atoms with E-state index in [-0.39, 0.29) is 49.9 Å². The van der Waals surface area contributed by atoms with Crippen LogP contribution in [0.25, 0.3) is 6.08 Å². The van der Waals surface area contributed by atoms with Crippen LogP contribution in [0.4, 0.5) is 42.1 Å². The predicted molar refractivity (Wildman–Crippen MR) is 140 cm³/mol. The summed E-state index contributed by atoms with van der Waals surface area (Å²) in [4.78, 5) is 25.9. The molecule has 16 heteroatoms. The Balaban J connectivity index is 2.34. The van der Waals surface area contributed by atoms with Crippen molar-refractivity contribution in [2.75, 3.05) is 31.0 Å². The van der Waals surface area contributed by atoms with Gasteiger partial charge in [0.2, 0.25) is 0 Å². The average Bonchev–Trinajstić information content (AvgIpc) is 2.87. The van der Waals surface area contributed by atoms with Crippen LogP contribution in [0, 0.1) is 5.41 Å². The van der Waals surface area contributed by atoms with E-state index in [0.29, 0.717) is 6.20 Å². The van der Waals surface area contributed by atoms with Gasteiger partial charge in [-0.25, -0.2) is 9.49 Å². The molecule has 0 unspecified atom stereocenters. The molecule has 0 saturated carbocycles. The molecule has 0 spiro atoms. The van der Waals surface area contributed by atoms with E-state index in [0.717, 1.165) is 17.2 Å². The highest BCUT2D eigenvalue weighted by atomic mass is 19.4. The Morgan fingerprint density at radius 3 is 2.51 bits per heavy atom. The van der Waals surface area contributed by atoms with E-state index in [1.165, 1.54) is 37.9 Å². The van der Waals surface area contributed by atoms with Crippen LogP contribution in [0.2, 0.25) is 0 Å². The van der Waals surface area contributed by atoms with Gasteiger partial charge in [-0.2, -0.15) is 31.4 Å². The number of aromatic amines is 1. The number of H-pyrrole nitrogens is 1. The fourth-order valence-electron chi connectivity index (χ4n) is 3.85. The van der Waals surface area contributed by atoms with Crippen LogP contribution in [-0.4, -0.2) is 54.0 Å². The third-order valence-electron chi connectivity index (χ3n) is 5.83. The number of rotatable bonds is 13. The lowest BCUT2D eigenvalue weighted by Crippen LogP contribution is -2.31. The third-order valence-corrected chi connectivity index (χ3v) is 5.83. The largest absolute Gasteiger partial charge is 0.423 e. The van der Waals surface area contributed by atoms with Crippen molar-refractivity contribution in [3.8, 4) is 0 Å². The fraction of sp³-hybridized carbons (Fsp3) is 0.440. The first kappa shape index (κ1) is 33.3. The highest BCUT2D eigenvalue weighted by Crippen LogP contribution is 2.32. The highest BCUT2D eigenvalue weighted by molar-refractivity contribution is 5.79. The molecule has 0 amide bonds. The second-order valence-electron chi connectivity index (χ2n) is 8.82. The van der Waals surface area contributed by atoms with E-state index >= 15 is 0 Å². The molecule has 0 aliphatic rings. The molecule has 0 aromatic carbocycles. The maximum absolute atomic E-state index is 14.2. The molecular weight excluding hydrogens is 565 g/mol. The zero-order valence-corrected chi connectivity index (χ0v) is 22.3. The molecule has 0 aliphatic heterocycles. The molecule has 0 fully saturated rings. The summed E-state index contributed by atoms with van der Waals surface area (Å²) in [6.45, 7) is 1.44. The van der Waals surface area contributed by atoms with E-state index < -0.39 is 52.2 Å². The Morgan fingerprint density at radius 2 is 1.95 bits per heavy atom. The molecule has 0 bridgehead atoms. The molecule has 2 rings (SSSR count). The Hall–Kier alpha value is -3.95. The minimum Gasteiger partial charge on any atom is -0.383 e. The Bertz CT molecular complexity index is 1380. The van der Waals surface area contributed by atoms with Crippen molar-refractivity contribution in [1.29, 1.82) is 5.41 Å². The number of anilines is 2. The molecule has 3 N–H and O–H groups in total. The van der Waals surface area contributed by atoms with Gasteiger partial charge in [-0.05, 0) is 31.4 Å². The van der Waals surface area contributed by atoms with Crippen LogP contribution < -0.4 is 21.3 Å². The number of aromatic nitrogens is 3. The lowest BCUT2D eigenvalue weighted by molar-refractivity contribution is -0.138. The van der Waals surface area contributed by atoms with Gasteiger partial charge in [-0.3, -0.25) is 9.59 Å². The van der Waals surface area contributed by atoms with Gasteiger partial charge in [0.25, 0.3) is 11.1 Å². The highest BCUT2D eigenvalue weighted by Gasteiger charge is 2.38. The zero-order chi connectivity index (χ0) is 31.0. The van der Waals surface area contributed by atoms with Gasteiger partial charge in [0.1, 0.15) is 11.4 Å². The van der Waals surface area contributed by atoms with Crippen molar-refractivity contribution in [2.24, 2.45) is 0 Å². The number of alkyl halides is 6. The molecule has 0 aliphatic carbocycles. The molecular formula is C25H29F7N6O3. The number of nitrogens with zero attached hydrogens (tertiary/aromatic N) is 3. The lowest BCUT2D eigenvalue weighted by atomic mass is 10.1. The number of aryl methyl sites for hydroxylation is 1. The molecule has 2 aromatic rings. The van der Waals surface area contributed by atoms with Gasteiger partial charge in [0.15, 0.2) is 0 Å². The topological polar surface area (TPSA) is 116 Å². The summed E-state index contributed by atoms with van der Waals surface area (Å²) in [5, 5.41) is 14.8. The summed E-state index contributed by atoms with van der Waals surface area (Å²) in [5.41, 5.74) is -5.71. The Morgan fingerprint density at radius 1 is 1.27 bits per heavy atom. The Labute approximate surface area is 229 Å².